The maximum absolute atomic E-state index is 13.2. The van der Waals surface area contributed by atoms with Gasteiger partial charge in [-0.05, 0) is 51.6 Å². The van der Waals surface area contributed by atoms with Crippen LogP contribution in [0.25, 0.3) is 33.3 Å². The topological polar surface area (TPSA) is 87.3 Å². The molecule has 4 aromatic heterocycles. The molecule has 0 radical (unpaired) electrons. The van der Waals surface area contributed by atoms with E-state index in [0.29, 0.717) is 25.7 Å². The van der Waals surface area contributed by atoms with Crippen LogP contribution in [-0.4, -0.2) is 69.4 Å². The molecule has 9 heteroatoms. The molecule has 0 aromatic carbocycles. The van der Waals surface area contributed by atoms with Crippen molar-refractivity contribution < 1.29 is 9.47 Å². The van der Waals surface area contributed by atoms with Gasteiger partial charge >= 0.3 is 5.69 Å². The second-order valence-electron chi connectivity index (χ2n) is 9.00. The van der Waals surface area contributed by atoms with E-state index in [1.54, 1.807) is 24.0 Å². The SMILES string of the molecule is CN(C)CCCOc1ccc(-c2ccc3ncc4c(c3n2)n(C2CCOCC2)c(=O)n4C)cn1. The first-order valence-corrected chi connectivity index (χ1v) is 11.7. The summed E-state index contributed by atoms with van der Waals surface area (Å²) in [7, 11) is 5.88. The van der Waals surface area contributed by atoms with Gasteiger partial charge in [0.25, 0.3) is 0 Å². The summed E-state index contributed by atoms with van der Waals surface area (Å²) in [5.41, 5.74) is 4.73. The number of aromatic nitrogens is 5. The molecule has 0 atom stereocenters. The Bertz CT molecular complexity index is 1350. The van der Waals surface area contributed by atoms with Crippen LogP contribution in [0.2, 0.25) is 0 Å². The van der Waals surface area contributed by atoms with Crippen LogP contribution in [0.15, 0.2) is 41.5 Å². The van der Waals surface area contributed by atoms with Gasteiger partial charge in [0.15, 0.2) is 0 Å². The number of ether oxygens (including phenoxy) is 2. The van der Waals surface area contributed by atoms with Gasteiger partial charge in [-0.25, -0.2) is 14.8 Å². The fourth-order valence-corrected chi connectivity index (χ4v) is 4.50. The van der Waals surface area contributed by atoms with Crippen molar-refractivity contribution in [3.8, 4) is 17.1 Å². The smallest absolute Gasteiger partial charge is 0.329 e. The zero-order valence-electron chi connectivity index (χ0n) is 19.9. The van der Waals surface area contributed by atoms with Crippen LogP contribution in [-0.2, 0) is 11.8 Å². The Hall–Kier alpha value is -3.30. The first kappa shape index (κ1) is 22.5. The molecular formula is C25H30N6O3. The molecule has 1 aliphatic heterocycles. The van der Waals surface area contributed by atoms with Crippen LogP contribution in [0.3, 0.4) is 0 Å². The highest BCUT2D eigenvalue weighted by molar-refractivity contribution is 6.00. The van der Waals surface area contributed by atoms with Gasteiger partial charge in [-0.2, -0.15) is 0 Å². The van der Waals surface area contributed by atoms with Crippen LogP contribution in [0.4, 0.5) is 0 Å². The number of fused-ring (bicyclic) bond motifs is 3. The predicted molar refractivity (Wildman–Crippen MR) is 131 cm³/mol. The van der Waals surface area contributed by atoms with Crippen LogP contribution in [0.5, 0.6) is 5.88 Å². The minimum atomic E-state index is -0.0409. The van der Waals surface area contributed by atoms with Crippen molar-refractivity contribution in [1.82, 2.24) is 29.0 Å². The quantitative estimate of drug-likeness (QED) is 0.390. The largest absolute Gasteiger partial charge is 0.478 e. The van der Waals surface area contributed by atoms with Crippen molar-refractivity contribution in [3.05, 3.63) is 47.1 Å². The van der Waals surface area contributed by atoms with E-state index < -0.39 is 0 Å². The predicted octanol–water partition coefficient (Wildman–Crippen LogP) is 3.03. The summed E-state index contributed by atoms with van der Waals surface area (Å²) in [6.45, 7) is 2.91. The van der Waals surface area contributed by atoms with Gasteiger partial charge in [-0.15, -0.1) is 0 Å². The highest BCUT2D eigenvalue weighted by Gasteiger charge is 2.24. The zero-order chi connectivity index (χ0) is 23.7. The minimum absolute atomic E-state index is 0.0409. The number of rotatable bonds is 7. The van der Waals surface area contributed by atoms with E-state index in [4.69, 9.17) is 14.5 Å². The fourth-order valence-electron chi connectivity index (χ4n) is 4.50. The second-order valence-corrected chi connectivity index (χ2v) is 9.00. The molecule has 34 heavy (non-hydrogen) atoms. The van der Waals surface area contributed by atoms with Crippen molar-refractivity contribution in [3.63, 3.8) is 0 Å². The molecule has 0 spiro atoms. The average molecular weight is 463 g/mol. The maximum Gasteiger partial charge on any atom is 0.329 e. The van der Waals surface area contributed by atoms with E-state index in [-0.39, 0.29) is 11.7 Å². The Morgan fingerprint density at radius 3 is 2.68 bits per heavy atom. The second kappa shape index (κ2) is 9.52. The molecule has 9 nitrogen and oxygen atoms in total. The van der Waals surface area contributed by atoms with Crippen molar-refractivity contribution >= 4 is 22.1 Å². The lowest BCUT2D eigenvalue weighted by Crippen LogP contribution is -2.29. The summed E-state index contributed by atoms with van der Waals surface area (Å²) in [6.07, 6.45) is 6.10. The van der Waals surface area contributed by atoms with Crippen LogP contribution < -0.4 is 10.4 Å². The molecule has 1 aliphatic rings. The van der Waals surface area contributed by atoms with E-state index in [2.05, 4.69) is 14.9 Å². The minimum Gasteiger partial charge on any atom is -0.478 e. The average Bonchev–Trinajstić information content (AvgIpc) is 3.12. The summed E-state index contributed by atoms with van der Waals surface area (Å²) in [6, 6.07) is 7.82. The van der Waals surface area contributed by atoms with Gasteiger partial charge in [0.05, 0.1) is 35.0 Å². The lowest BCUT2D eigenvalue weighted by Gasteiger charge is -2.23. The summed E-state index contributed by atoms with van der Waals surface area (Å²) >= 11 is 0. The molecule has 1 fully saturated rings. The molecular weight excluding hydrogens is 432 g/mol. The van der Waals surface area contributed by atoms with E-state index >= 15 is 0 Å². The van der Waals surface area contributed by atoms with Crippen LogP contribution in [0, 0.1) is 0 Å². The number of pyridine rings is 3. The van der Waals surface area contributed by atoms with Gasteiger partial charge < -0.3 is 14.4 Å². The Labute approximate surface area is 198 Å². The van der Waals surface area contributed by atoms with Crippen molar-refractivity contribution in [2.75, 3.05) is 40.5 Å². The number of hydrogen-bond acceptors (Lipinski definition) is 7. The fraction of sp³-hybridized carbons (Fsp3) is 0.440. The molecule has 0 unspecified atom stereocenters. The third-order valence-corrected chi connectivity index (χ3v) is 6.35. The summed E-state index contributed by atoms with van der Waals surface area (Å²) in [5, 5.41) is 0. The van der Waals surface area contributed by atoms with E-state index in [0.717, 1.165) is 59.1 Å². The highest BCUT2D eigenvalue weighted by Crippen LogP contribution is 2.29. The van der Waals surface area contributed by atoms with Gasteiger partial charge in [0.2, 0.25) is 5.88 Å². The van der Waals surface area contributed by atoms with Crippen molar-refractivity contribution in [1.29, 1.82) is 0 Å². The normalized spacial score (nSPS) is 14.9. The highest BCUT2D eigenvalue weighted by atomic mass is 16.5. The molecule has 5 heterocycles. The monoisotopic (exact) mass is 462 g/mol. The molecule has 0 N–H and O–H groups in total. The summed E-state index contributed by atoms with van der Waals surface area (Å²) in [5.74, 6) is 0.601. The molecule has 0 amide bonds. The van der Waals surface area contributed by atoms with Gasteiger partial charge in [-0.3, -0.25) is 14.1 Å². The Morgan fingerprint density at radius 1 is 1.12 bits per heavy atom. The third kappa shape index (κ3) is 4.28. The summed E-state index contributed by atoms with van der Waals surface area (Å²) < 4.78 is 14.8. The van der Waals surface area contributed by atoms with Gasteiger partial charge in [-0.1, -0.05) is 0 Å². The molecule has 1 saturated heterocycles. The van der Waals surface area contributed by atoms with Crippen molar-refractivity contribution in [2.45, 2.75) is 25.3 Å². The van der Waals surface area contributed by atoms with E-state index in [1.165, 1.54) is 0 Å². The molecule has 4 aromatic rings. The lowest BCUT2D eigenvalue weighted by atomic mass is 10.1. The van der Waals surface area contributed by atoms with E-state index in [9.17, 15) is 4.79 Å². The molecule has 0 bridgehead atoms. The van der Waals surface area contributed by atoms with Crippen LogP contribution >= 0.6 is 0 Å². The molecule has 5 rings (SSSR count). The van der Waals surface area contributed by atoms with Crippen molar-refractivity contribution in [2.24, 2.45) is 7.05 Å². The molecule has 0 aliphatic carbocycles. The lowest BCUT2D eigenvalue weighted by molar-refractivity contribution is 0.0697. The summed E-state index contributed by atoms with van der Waals surface area (Å²) in [4.78, 5) is 29.3. The zero-order valence-corrected chi connectivity index (χ0v) is 19.9. The first-order chi connectivity index (χ1) is 16.5. The maximum atomic E-state index is 13.2. The van der Waals surface area contributed by atoms with Gasteiger partial charge in [0, 0.05) is 50.7 Å². The molecule has 178 valence electrons. The Balaban J connectivity index is 1.51. The Morgan fingerprint density at radius 2 is 1.94 bits per heavy atom. The number of nitrogens with zero attached hydrogens (tertiary/aromatic N) is 6. The Kier molecular flexibility index (Phi) is 6.30. The number of hydrogen-bond donors (Lipinski definition) is 0. The number of imidazole rings is 1. The molecule has 0 saturated carbocycles. The standard InChI is InChI=1S/C25H30N6O3/c1-29(2)11-4-12-34-22-8-5-17(15-27-22)19-6-7-20-23(28-19)24-21(16-26-20)30(3)25(32)31(24)18-9-13-33-14-10-18/h5-8,15-16,18H,4,9-14H2,1-3H3. The number of aryl methyl sites for hydroxylation is 1. The van der Waals surface area contributed by atoms with E-state index in [1.807, 2.05) is 42.9 Å². The third-order valence-electron chi connectivity index (χ3n) is 6.35. The first-order valence-electron chi connectivity index (χ1n) is 11.7. The van der Waals surface area contributed by atoms with Crippen LogP contribution in [0.1, 0.15) is 25.3 Å². The van der Waals surface area contributed by atoms with Gasteiger partial charge in [0.1, 0.15) is 5.52 Å².